The topological polar surface area (TPSA) is 93.8 Å². The number of fused-ring (bicyclic) bond motifs is 2. The molecular weight excluding hydrogens is 486 g/mol. The fourth-order valence-electron chi connectivity index (χ4n) is 5.34. The molecule has 192 valence electrons. The number of para-hydroxylation sites is 2. The highest BCUT2D eigenvalue weighted by atomic mass is 16.1. The second-order valence-electron chi connectivity index (χ2n) is 9.61. The molecule has 0 fully saturated rings. The van der Waals surface area contributed by atoms with Crippen molar-refractivity contribution in [3.8, 4) is 17.2 Å². The van der Waals surface area contributed by atoms with Gasteiger partial charge in [0, 0.05) is 19.0 Å². The summed E-state index contributed by atoms with van der Waals surface area (Å²) in [5.74, 6) is 1.24. The summed E-state index contributed by atoms with van der Waals surface area (Å²) in [6.45, 7) is 2.33. The molecule has 0 spiro atoms. The lowest BCUT2D eigenvalue weighted by Gasteiger charge is -2.16. The van der Waals surface area contributed by atoms with Crippen molar-refractivity contribution >= 4 is 16.8 Å². The van der Waals surface area contributed by atoms with Gasteiger partial charge in [0.2, 0.25) is 5.78 Å². The number of benzene rings is 3. The smallest absolute Gasteiger partial charge is 0.259 e. The zero-order valence-electron chi connectivity index (χ0n) is 21.9. The van der Waals surface area contributed by atoms with Crippen molar-refractivity contribution in [1.82, 2.24) is 28.7 Å². The van der Waals surface area contributed by atoms with Gasteiger partial charge in [-0.3, -0.25) is 9.36 Å². The lowest BCUT2D eigenvalue weighted by atomic mass is 9.92. The predicted molar refractivity (Wildman–Crippen MR) is 150 cm³/mol. The third-order valence-electron chi connectivity index (χ3n) is 7.26. The molecule has 0 atom stereocenters. The average Bonchev–Trinajstić information content (AvgIpc) is 3.58. The highest BCUT2D eigenvalue weighted by Crippen LogP contribution is 2.27. The molecule has 6 aromatic rings. The van der Waals surface area contributed by atoms with E-state index in [-0.39, 0.29) is 12.1 Å². The van der Waals surface area contributed by atoms with Crippen LogP contribution < -0.4 is 5.56 Å². The van der Waals surface area contributed by atoms with Crippen LogP contribution in [0.4, 0.5) is 0 Å². The standard InChI is InChI=1S/C31H27N7O/c1-3-10-27-24(17-22-13-9-14-23(25(22)18-32)21-11-5-4-6-12-21)30(39)37(31-33-20-34-38(27)31)19-29-35-26-15-7-8-16-28(26)36(29)2/h4-9,11-16,20H,3,10,17,19H2,1-2H3. The summed E-state index contributed by atoms with van der Waals surface area (Å²) in [7, 11) is 1.96. The van der Waals surface area contributed by atoms with Crippen molar-refractivity contribution in [3.05, 3.63) is 118 Å². The molecule has 0 unspecified atom stereocenters. The molecule has 0 bridgehead atoms. The molecule has 0 radical (unpaired) electrons. The Kier molecular flexibility index (Phi) is 6.25. The minimum absolute atomic E-state index is 0.139. The Morgan fingerprint density at radius 3 is 2.54 bits per heavy atom. The van der Waals surface area contributed by atoms with Gasteiger partial charge in [-0.2, -0.15) is 15.3 Å². The van der Waals surface area contributed by atoms with Crippen LogP contribution in [0.5, 0.6) is 0 Å². The average molecular weight is 514 g/mol. The van der Waals surface area contributed by atoms with Crippen molar-refractivity contribution in [1.29, 1.82) is 5.26 Å². The van der Waals surface area contributed by atoms with Crippen LogP contribution in [0.2, 0.25) is 0 Å². The number of hydrogen-bond donors (Lipinski definition) is 0. The number of aryl methyl sites for hydroxylation is 2. The quantitative estimate of drug-likeness (QED) is 0.302. The summed E-state index contributed by atoms with van der Waals surface area (Å²) in [6.07, 6.45) is 3.30. The zero-order chi connectivity index (χ0) is 26.9. The second-order valence-corrected chi connectivity index (χ2v) is 9.61. The molecule has 39 heavy (non-hydrogen) atoms. The molecule has 0 saturated carbocycles. The second kappa shape index (κ2) is 10.0. The molecule has 8 nitrogen and oxygen atoms in total. The Morgan fingerprint density at radius 2 is 1.77 bits per heavy atom. The SMILES string of the molecule is CCCc1c(Cc2cccc(-c3ccccc3)c2C#N)c(=O)n(Cc2nc3ccccc3n2C)c2ncnn12. The molecule has 6 rings (SSSR count). The van der Waals surface area contributed by atoms with Crippen LogP contribution in [0, 0.1) is 11.3 Å². The van der Waals surface area contributed by atoms with E-state index in [1.165, 1.54) is 6.33 Å². The lowest BCUT2D eigenvalue weighted by molar-refractivity contribution is 0.655. The first-order valence-corrected chi connectivity index (χ1v) is 13.0. The third kappa shape index (κ3) is 4.18. The van der Waals surface area contributed by atoms with Crippen LogP contribution in [-0.4, -0.2) is 28.7 Å². The van der Waals surface area contributed by atoms with Gasteiger partial charge in [-0.15, -0.1) is 0 Å². The normalized spacial score (nSPS) is 11.3. The fourth-order valence-corrected chi connectivity index (χ4v) is 5.34. The largest absolute Gasteiger partial charge is 0.330 e. The Morgan fingerprint density at radius 1 is 0.974 bits per heavy atom. The molecule has 0 aliphatic carbocycles. The Bertz CT molecular complexity index is 1920. The maximum atomic E-state index is 14.2. The molecule has 0 saturated heterocycles. The summed E-state index contributed by atoms with van der Waals surface area (Å²) < 4.78 is 5.43. The van der Waals surface area contributed by atoms with Gasteiger partial charge in [-0.1, -0.05) is 74.0 Å². The summed E-state index contributed by atoms with van der Waals surface area (Å²) in [5, 5.41) is 14.7. The first-order valence-electron chi connectivity index (χ1n) is 13.0. The van der Waals surface area contributed by atoms with E-state index in [1.807, 2.05) is 84.4 Å². The molecular formula is C31H27N7O. The number of rotatable bonds is 7. The van der Waals surface area contributed by atoms with Gasteiger partial charge in [-0.05, 0) is 35.2 Å². The lowest BCUT2D eigenvalue weighted by Crippen LogP contribution is -2.30. The van der Waals surface area contributed by atoms with E-state index in [1.54, 1.807) is 9.08 Å². The van der Waals surface area contributed by atoms with Crippen molar-refractivity contribution in [3.63, 3.8) is 0 Å². The van der Waals surface area contributed by atoms with Crippen LogP contribution >= 0.6 is 0 Å². The minimum Gasteiger partial charge on any atom is -0.330 e. The predicted octanol–water partition coefficient (Wildman–Crippen LogP) is 4.91. The van der Waals surface area contributed by atoms with E-state index in [0.29, 0.717) is 29.7 Å². The third-order valence-corrected chi connectivity index (χ3v) is 7.26. The van der Waals surface area contributed by atoms with E-state index in [0.717, 1.165) is 45.7 Å². The van der Waals surface area contributed by atoms with Crippen molar-refractivity contribution in [2.45, 2.75) is 32.7 Å². The van der Waals surface area contributed by atoms with Crippen LogP contribution in [0.15, 0.2) is 83.9 Å². The Hall–Kier alpha value is -5.03. The summed E-state index contributed by atoms with van der Waals surface area (Å²) in [5.41, 5.74) is 6.39. The molecule has 8 heteroatoms. The van der Waals surface area contributed by atoms with Gasteiger partial charge in [-0.25, -0.2) is 9.50 Å². The van der Waals surface area contributed by atoms with Gasteiger partial charge in [0.25, 0.3) is 5.56 Å². The van der Waals surface area contributed by atoms with E-state index < -0.39 is 0 Å². The van der Waals surface area contributed by atoms with Gasteiger partial charge in [0.1, 0.15) is 18.2 Å². The molecule has 3 heterocycles. The maximum Gasteiger partial charge on any atom is 0.259 e. The first-order chi connectivity index (χ1) is 19.1. The fraction of sp³-hybridized carbons (Fsp3) is 0.194. The van der Waals surface area contributed by atoms with E-state index >= 15 is 0 Å². The zero-order valence-corrected chi connectivity index (χ0v) is 21.9. The van der Waals surface area contributed by atoms with Gasteiger partial charge in [0.05, 0.1) is 28.8 Å². The number of aromatic nitrogens is 6. The van der Waals surface area contributed by atoms with Crippen LogP contribution in [0.25, 0.3) is 27.9 Å². The van der Waals surface area contributed by atoms with Crippen LogP contribution in [0.3, 0.4) is 0 Å². The summed E-state index contributed by atoms with van der Waals surface area (Å²) in [6, 6.07) is 26.0. The van der Waals surface area contributed by atoms with E-state index in [9.17, 15) is 10.1 Å². The molecule has 0 aliphatic heterocycles. The maximum absolute atomic E-state index is 14.2. The Labute approximate surface area is 225 Å². The van der Waals surface area contributed by atoms with Crippen LogP contribution in [0.1, 0.15) is 41.6 Å². The Balaban J connectivity index is 1.52. The molecule has 0 aliphatic rings. The highest BCUT2D eigenvalue weighted by molar-refractivity contribution is 5.76. The van der Waals surface area contributed by atoms with Gasteiger partial charge in [0.15, 0.2) is 0 Å². The van der Waals surface area contributed by atoms with Gasteiger partial charge < -0.3 is 4.57 Å². The van der Waals surface area contributed by atoms with Crippen molar-refractivity contribution in [2.24, 2.45) is 7.05 Å². The van der Waals surface area contributed by atoms with Crippen molar-refractivity contribution in [2.75, 3.05) is 0 Å². The summed E-state index contributed by atoms with van der Waals surface area (Å²) >= 11 is 0. The molecule has 0 amide bonds. The summed E-state index contributed by atoms with van der Waals surface area (Å²) in [4.78, 5) is 23.5. The van der Waals surface area contributed by atoms with Gasteiger partial charge >= 0.3 is 0 Å². The number of imidazole rings is 1. The van der Waals surface area contributed by atoms with E-state index in [2.05, 4.69) is 23.1 Å². The number of hydrogen-bond acceptors (Lipinski definition) is 5. The van der Waals surface area contributed by atoms with Crippen LogP contribution in [-0.2, 0) is 26.4 Å². The monoisotopic (exact) mass is 513 g/mol. The highest BCUT2D eigenvalue weighted by Gasteiger charge is 2.22. The first kappa shape index (κ1) is 24.3. The van der Waals surface area contributed by atoms with Crippen molar-refractivity contribution < 1.29 is 0 Å². The minimum atomic E-state index is -0.139. The molecule has 0 N–H and O–H groups in total. The number of nitriles is 1. The molecule has 3 aromatic heterocycles. The number of nitrogens with zero attached hydrogens (tertiary/aromatic N) is 7. The molecule has 3 aromatic carbocycles. The van der Waals surface area contributed by atoms with E-state index in [4.69, 9.17) is 4.98 Å².